The lowest BCUT2D eigenvalue weighted by molar-refractivity contribution is 0.254. The molecule has 0 atom stereocenters. The van der Waals surface area contributed by atoms with Gasteiger partial charge in [0.1, 0.15) is 11.6 Å². The largest absolute Gasteiger partial charge is 0.499 e. The van der Waals surface area contributed by atoms with E-state index in [9.17, 15) is 0 Å². The molecule has 0 unspecified atom stereocenters. The molecule has 0 radical (unpaired) electrons. The molecule has 0 bridgehead atoms. The van der Waals surface area contributed by atoms with E-state index in [0.717, 1.165) is 17.7 Å². The van der Waals surface area contributed by atoms with Crippen LogP contribution in [0.4, 0.5) is 5.82 Å². The molecule has 0 aliphatic heterocycles. The number of hydrogen-bond donors (Lipinski definition) is 3. The Morgan fingerprint density at radius 2 is 1.89 bits per heavy atom. The molecule has 1 aromatic carbocycles. The van der Waals surface area contributed by atoms with Crippen LogP contribution >= 0.6 is 0 Å². The SMILES string of the molecule is C/C=C(\CN(N)/C(=N\N)c1cc(-c2ccc(CN(C)C)cc2)cnc1N)OC. The second kappa shape index (κ2) is 9.72. The molecule has 8 heteroatoms. The smallest absolute Gasteiger partial charge is 0.173 e. The van der Waals surface area contributed by atoms with E-state index >= 15 is 0 Å². The molecule has 28 heavy (non-hydrogen) atoms. The van der Waals surface area contributed by atoms with Gasteiger partial charge in [-0.2, -0.15) is 5.10 Å². The van der Waals surface area contributed by atoms with Gasteiger partial charge in [0, 0.05) is 18.3 Å². The first-order valence-corrected chi connectivity index (χ1v) is 8.88. The van der Waals surface area contributed by atoms with Gasteiger partial charge in [-0.1, -0.05) is 24.3 Å². The van der Waals surface area contributed by atoms with Crippen LogP contribution in [0.2, 0.25) is 0 Å². The van der Waals surface area contributed by atoms with Gasteiger partial charge >= 0.3 is 0 Å². The number of rotatable bonds is 7. The van der Waals surface area contributed by atoms with E-state index in [0.29, 0.717) is 29.5 Å². The maximum Gasteiger partial charge on any atom is 0.173 e. The van der Waals surface area contributed by atoms with Gasteiger partial charge in [-0.05, 0) is 44.3 Å². The second-order valence-corrected chi connectivity index (χ2v) is 6.63. The number of allylic oxidation sites excluding steroid dienone is 1. The molecule has 0 aliphatic carbocycles. The Hall–Kier alpha value is -3.10. The third-order valence-electron chi connectivity index (χ3n) is 4.25. The van der Waals surface area contributed by atoms with Crippen molar-refractivity contribution in [2.75, 3.05) is 33.5 Å². The maximum atomic E-state index is 6.15. The van der Waals surface area contributed by atoms with E-state index in [-0.39, 0.29) is 0 Å². The summed E-state index contributed by atoms with van der Waals surface area (Å²) < 4.78 is 5.26. The summed E-state index contributed by atoms with van der Waals surface area (Å²) in [5.74, 6) is 13.1. The number of aromatic nitrogens is 1. The van der Waals surface area contributed by atoms with Crippen LogP contribution in [0.5, 0.6) is 0 Å². The average Bonchev–Trinajstić information content (AvgIpc) is 2.68. The van der Waals surface area contributed by atoms with Gasteiger partial charge in [0.15, 0.2) is 5.84 Å². The molecule has 0 saturated heterocycles. The van der Waals surface area contributed by atoms with Crippen molar-refractivity contribution in [2.24, 2.45) is 16.8 Å². The van der Waals surface area contributed by atoms with Crippen LogP contribution in [0.1, 0.15) is 18.1 Å². The van der Waals surface area contributed by atoms with E-state index in [2.05, 4.69) is 39.3 Å². The Kier molecular flexibility index (Phi) is 7.36. The van der Waals surface area contributed by atoms with Gasteiger partial charge < -0.3 is 21.2 Å². The monoisotopic (exact) mass is 383 g/mol. The summed E-state index contributed by atoms with van der Waals surface area (Å²) in [6.45, 7) is 3.04. The maximum absolute atomic E-state index is 6.15. The minimum atomic E-state index is 0.298. The molecule has 1 heterocycles. The van der Waals surface area contributed by atoms with E-state index in [4.69, 9.17) is 22.2 Å². The van der Waals surface area contributed by atoms with Gasteiger partial charge in [-0.15, -0.1) is 0 Å². The summed E-state index contributed by atoms with van der Waals surface area (Å²) in [7, 11) is 5.66. The topological polar surface area (TPSA) is 119 Å². The predicted molar refractivity (Wildman–Crippen MR) is 114 cm³/mol. The van der Waals surface area contributed by atoms with E-state index in [1.54, 1.807) is 13.3 Å². The molecular weight excluding hydrogens is 354 g/mol. The second-order valence-electron chi connectivity index (χ2n) is 6.63. The highest BCUT2D eigenvalue weighted by atomic mass is 16.5. The first-order chi connectivity index (χ1) is 13.4. The highest BCUT2D eigenvalue weighted by Gasteiger charge is 2.17. The van der Waals surface area contributed by atoms with Crippen LogP contribution in [0.25, 0.3) is 11.1 Å². The van der Waals surface area contributed by atoms with Crippen LogP contribution in [-0.4, -0.2) is 48.5 Å². The third kappa shape index (κ3) is 5.21. The number of anilines is 1. The molecule has 2 rings (SSSR count). The van der Waals surface area contributed by atoms with Crippen molar-refractivity contribution in [1.29, 1.82) is 0 Å². The summed E-state index contributed by atoms with van der Waals surface area (Å²) in [4.78, 5) is 6.42. The number of nitrogens with zero attached hydrogens (tertiary/aromatic N) is 4. The molecule has 0 fully saturated rings. The molecule has 0 spiro atoms. The molecule has 0 saturated carbocycles. The van der Waals surface area contributed by atoms with Gasteiger partial charge in [-0.3, -0.25) is 5.01 Å². The van der Waals surface area contributed by atoms with E-state index in [1.165, 1.54) is 10.6 Å². The number of hydrazone groups is 1. The Morgan fingerprint density at radius 1 is 1.21 bits per heavy atom. The molecule has 8 nitrogen and oxygen atoms in total. The number of hydrazine groups is 1. The fourth-order valence-electron chi connectivity index (χ4n) is 2.79. The van der Waals surface area contributed by atoms with Crippen molar-refractivity contribution in [1.82, 2.24) is 14.9 Å². The molecule has 2 aromatic rings. The summed E-state index contributed by atoms with van der Waals surface area (Å²) in [6, 6.07) is 10.2. The zero-order chi connectivity index (χ0) is 20.7. The van der Waals surface area contributed by atoms with Crippen molar-refractivity contribution in [3.63, 3.8) is 0 Å². The zero-order valence-corrected chi connectivity index (χ0v) is 16.9. The zero-order valence-electron chi connectivity index (χ0n) is 16.9. The highest BCUT2D eigenvalue weighted by Crippen LogP contribution is 2.24. The van der Waals surface area contributed by atoms with Crippen LogP contribution < -0.4 is 17.4 Å². The van der Waals surface area contributed by atoms with Crippen molar-refractivity contribution >= 4 is 11.7 Å². The van der Waals surface area contributed by atoms with Gasteiger partial charge in [0.2, 0.25) is 0 Å². The van der Waals surface area contributed by atoms with Gasteiger partial charge in [-0.25, -0.2) is 10.8 Å². The fraction of sp³-hybridized carbons (Fsp3) is 0.300. The van der Waals surface area contributed by atoms with Crippen LogP contribution in [0, 0.1) is 0 Å². The average molecular weight is 384 g/mol. The molecule has 6 N–H and O–H groups in total. The van der Waals surface area contributed by atoms with Crippen LogP contribution in [0.3, 0.4) is 0 Å². The lowest BCUT2D eigenvalue weighted by atomic mass is 10.0. The van der Waals surface area contributed by atoms with Crippen LogP contribution in [-0.2, 0) is 11.3 Å². The van der Waals surface area contributed by atoms with Crippen molar-refractivity contribution in [3.8, 4) is 11.1 Å². The first kappa shape index (κ1) is 21.2. The predicted octanol–water partition coefficient (Wildman–Crippen LogP) is 1.74. The lowest BCUT2D eigenvalue weighted by Crippen LogP contribution is -2.40. The summed E-state index contributed by atoms with van der Waals surface area (Å²) >= 11 is 0. The number of ether oxygens (including phenoxy) is 1. The van der Waals surface area contributed by atoms with Crippen molar-refractivity contribution in [3.05, 3.63) is 59.5 Å². The van der Waals surface area contributed by atoms with Gasteiger partial charge in [0.05, 0.1) is 19.2 Å². The minimum Gasteiger partial charge on any atom is -0.499 e. The van der Waals surface area contributed by atoms with Crippen LogP contribution in [0.15, 0.2) is 53.5 Å². The van der Waals surface area contributed by atoms with Crippen molar-refractivity contribution in [2.45, 2.75) is 13.5 Å². The third-order valence-corrected chi connectivity index (χ3v) is 4.25. The van der Waals surface area contributed by atoms with E-state index in [1.807, 2.05) is 33.2 Å². The normalized spacial score (nSPS) is 12.4. The number of benzene rings is 1. The number of nitrogen functional groups attached to an aromatic ring is 1. The molecule has 0 aliphatic rings. The minimum absolute atomic E-state index is 0.298. The lowest BCUT2D eigenvalue weighted by Gasteiger charge is -2.22. The number of nitrogens with two attached hydrogens (primary N) is 3. The Bertz CT molecular complexity index is 844. The fourth-order valence-corrected chi connectivity index (χ4v) is 2.79. The number of amidine groups is 1. The van der Waals surface area contributed by atoms with E-state index < -0.39 is 0 Å². The number of methoxy groups -OCH3 is 1. The number of hydrogen-bond acceptors (Lipinski definition) is 7. The number of pyridine rings is 1. The molecule has 1 aromatic heterocycles. The Morgan fingerprint density at radius 3 is 2.43 bits per heavy atom. The van der Waals surface area contributed by atoms with Gasteiger partial charge in [0.25, 0.3) is 0 Å². The molecular formula is C20H29N7O. The van der Waals surface area contributed by atoms with Crippen molar-refractivity contribution < 1.29 is 4.74 Å². The highest BCUT2D eigenvalue weighted by molar-refractivity contribution is 6.03. The summed E-state index contributed by atoms with van der Waals surface area (Å²) in [6.07, 6.45) is 3.54. The summed E-state index contributed by atoms with van der Waals surface area (Å²) in [5, 5.41) is 5.22. The molecule has 0 amide bonds. The Labute approximate surface area is 166 Å². The molecule has 150 valence electrons. The standard InChI is InChI=1S/C20H29N7O/c1-5-17(28-4)13-27(23)20(25-22)18-10-16(11-24-19(18)21)15-8-6-14(7-9-15)12-26(2)3/h5-11H,12-13,22-23H2,1-4H3,(H2,21,24)/b17-5+,25-20-. The quantitative estimate of drug-likeness (QED) is 0.219. The first-order valence-electron chi connectivity index (χ1n) is 8.88. The summed E-state index contributed by atoms with van der Waals surface area (Å²) in [5.41, 5.74) is 9.78. The Balaban J connectivity index is 2.33.